The van der Waals surface area contributed by atoms with E-state index in [2.05, 4.69) is 18.7 Å². The molecule has 1 aliphatic heterocycles. The lowest BCUT2D eigenvalue weighted by atomic mass is 9.88. The van der Waals surface area contributed by atoms with Crippen LogP contribution in [0.2, 0.25) is 0 Å². The monoisotopic (exact) mass is 243 g/mol. The molecule has 0 aromatic heterocycles. The summed E-state index contributed by atoms with van der Waals surface area (Å²) in [5.74, 6) is -0.708. The van der Waals surface area contributed by atoms with E-state index in [9.17, 15) is 4.79 Å². The summed E-state index contributed by atoms with van der Waals surface area (Å²) >= 11 is 0. The maximum Gasteiger partial charge on any atom is 0.309 e. The van der Waals surface area contributed by atoms with E-state index < -0.39 is 11.4 Å². The third-order valence-electron chi connectivity index (χ3n) is 3.56. The van der Waals surface area contributed by atoms with Crippen LogP contribution in [0.4, 0.5) is 0 Å². The molecule has 2 unspecified atom stereocenters. The van der Waals surface area contributed by atoms with Gasteiger partial charge in [-0.15, -0.1) is 0 Å². The number of rotatable bonds is 5. The van der Waals surface area contributed by atoms with E-state index in [4.69, 9.17) is 9.84 Å². The lowest BCUT2D eigenvalue weighted by Gasteiger charge is -2.37. The number of ether oxygens (including phenoxy) is 1. The third kappa shape index (κ3) is 4.28. The van der Waals surface area contributed by atoms with Crippen LogP contribution in [0.1, 0.15) is 40.5 Å². The second kappa shape index (κ2) is 5.83. The predicted octanol–water partition coefficient (Wildman–Crippen LogP) is 1.99. The molecule has 0 bridgehead atoms. The van der Waals surface area contributed by atoms with Crippen molar-refractivity contribution >= 4 is 5.97 Å². The fourth-order valence-electron chi connectivity index (χ4n) is 2.11. The van der Waals surface area contributed by atoms with Gasteiger partial charge >= 0.3 is 5.97 Å². The molecule has 0 aromatic carbocycles. The molecule has 1 saturated heterocycles. The maximum absolute atomic E-state index is 11.0. The number of carboxylic acids is 1. The van der Waals surface area contributed by atoms with E-state index in [1.54, 1.807) is 13.8 Å². The van der Waals surface area contributed by atoms with Gasteiger partial charge < -0.3 is 9.84 Å². The van der Waals surface area contributed by atoms with Gasteiger partial charge in [0.15, 0.2) is 0 Å². The van der Waals surface area contributed by atoms with E-state index in [-0.39, 0.29) is 0 Å². The van der Waals surface area contributed by atoms with E-state index in [1.165, 1.54) is 0 Å². The molecule has 1 aliphatic rings. The maximum atomic E-state index is 11.0. The van der Waals surface area contributed by atoms with Crippen LogP contribution >= 0.6 is 0 Å². The topological polar surface area (TPSA) is 49.8 Å². The minimum absolute atomic E-state index is 0.290. The first-order valence-corrected chi connectivity index (χ1v) is 6.42. The molecule has 1 rings (SSSR count). The quantitative estimate of drug-likeness (QED) is 0.802. The van der Waals surface area contributed by atoms with Crippen LogP contribution in [0.15, 0.2) is 0 Å². The molecular weight excluding hydrogens is 218 g/mol. The van der Waals surface area contributed by atoms with Gasteiger partial charge in [0.25, 0.3) is 0 Å². The van der Waals surface area contributed by atoms with Gasteiger partial charge in [-0.3, -0.25) is 9.69 Å². The largest absolute Gasteiger partial charge is 0.481 e. The molecule has 100 valence electrons. The summed E-state index contributed by atoms with van der Waals surface area (Å²) in [6, 6.07) is 0.444. The van der Waals surface area contributed by atoms with Crippen molar-refractivity contribution in [1.29, 1.82) is 0 Å². The summed E-state index contributed by atoms with van der Waals surface area (Å²) in [6.45, 7) is 10.5. The molecule has 0 aromatic rings. The molecule has 0 aliphatic carbocycles. The van der Waals surface area contributed by atoms with E-state index in [1.807, 2.05) is 0 Å². The lowest BCUT2D eigenvalue weighted by molar-refractivity contribution is -0.147. The lowest BCUT2D eigenvalue weighted by Crippen LogP contribution is -2.47. The number of carbonyl (C=O) groups is 1. The highest BCUT2D eigenvalue weighted by Crippen LogP contribution is 2.23. The standard InChI is InChI=1S/C13H25NO3/c1-10-9-17-11(2)8-14(10)7-5-6-13(3,4)12(15)16/h10-11H,5-9H2,1-4H3,(H,15,16). The first-order valence-electron chi connectivity index (χ1n) is 6.42. The van der Waals surface area contributed by atoms with Crippen molar-refractivity contribution in [1.82, 2.24) is 4.90 Å². The van der Waals surface area contributed by atoms with Crippen molar-refractivity contribution in [2.75, 3.05) is 19.7 Å². The summed E-state index contributed by atoms with van der Waals surface area (Å²) in [4.78, 5) is 13.4. The number of aliphatic carboxylic acids is 1. The van der Waals surface area contributed by atoms with Gasteiger partial charge in [-0.25, -0.2) is 0 Å². The number of hydrogen-bond acceptors (Lipinski definition) is 3. The first-order chi connectivity index (χ1) is 7.83. The SMILES string of the molecule is CC1CN(CCCC(C)(C)C(=O)O)C(C)CO1. The first kappa shape index (κ1) is 14.5. The highest BCUT2D eigenvalue weighted by atomic mass is 16.5. The summed E-state index contributed by atoms with van der Waals surface area (Å²) in [6.07, 6.45) is 1.94. The van der Waals surface area contributed by atoms with Gasteiger partial charge in [0.1, 0.15) is 0 Å². The normalized spacial score (nSPS) is 27.1. The van der Waals surface area contributed by atoms with Crippen LogP contribution < -0.4 is 0 Å². The van der Waals surface area contributed by atoms with Gasteiger partial charge in [0.05, 0.1) is 18.1 Å². The fraction of sp³-hybridized carbons (Fsp3) is 0.923. The predicted molar refractivity (Wildman–Crippen MR) is 67.1 cm³/mol. The Bertz CT molecular complexity index is 265. The zero-order valence-corrected chi connectivity index (χ0v) is 11.4. The van der Waals surface area contributed by atoms with Gasteiger partial charge in [0.2, 0.25) is 0 Å². The van der Waals surface area contributed by atoms with Crippen LogP contribution in [-0.2, 0) is 9.53 Å². The number of nitrogens with zero attached hydrogens (tertiary/aromatic N) is 1. The molecule has 1 N–H and O–H groups in total. The smallest absolute Gasteiger partial charge is 0.309 e. The highest BCUT2D eigenvalue weighted by molar-refractivity contribution is 5.73. The molecule has 4 heteroatoms. The van der Waals surface area contributed by atoms with Crippen molar-refractivity contribution in [3.8, 4) is 0 Å². The van der Waals surface area contributed by atoms with Crippen molar-refractivity contribution in [3.63, 3.8) is 0 Å². The van der Waals surface area contributed by atoms with Gasteiger partial charge in [-0.1, -0.05) is 0 Å². The van der Waals surface area contributed by atoms with Crippen LogP contribution in [-0.4, -0.2) is 47.8 Å². The Hall–Kier alpha value is -0.610. The number of morpholine rings is 1. The van der Waals surface area contributed by atoms with Gasteiger partial charge in [0, 0.05) is 12.6 Å². The van der Waals surface area contributed by atoms with Crippen molar-refractivity contribution in [3.05, 3.63) is 0 Å². The summed E-state index contributed by atoms with van der Waals surface area (Å²) < 4.78 is 5.57. The second-order valence-corrected chi connectivity index (χ2v) is 5.78. The number of carboxylic acid groups (broad SMARTS) is 1. The Morgan fingerprint density at radius 3 is 2.71 bits per heavy atom. The van der Waals surface area contributed by atoms with Crippen LogP contribution in [0.3, 0.4) is 0 Å². The molecule has 0 amide bonds. The Morgan fingerprint density at radius 2 is 2.12 bits per heavy atom. The molecule has 1 heterocycles. The van der Waals surface area contributed by atoms with Gasteiger partial charge in [-0.05, 0) is 47.1 Å². The molecule has 0 spiro atoms. The Kier molecular flexibility index (Phi) is 4.95. The zero-order chi connectivity index (χ0) is 13.1. The van der Waals surface area contributed by atoms with Crippen LogP contribution in [0.5, 0.6) is 0 Å². The summed E-state index contributed by atoms with van der Waals surface area (Å²) in [5.41, 5.74) is -0.610. The Labute approximate surface area is 104 Å². The third-order valence-corrected chi connectivity index (χ3v) is 3.56. The second-order valence-electron chi connectivity index (χ2n) is 5.78. The molecule has 2 atom stereocenters. The van der Waals surface area contributed by atoms with Crippen LogP contribution in [0.25, 0.3) is 0 Å². The average molecular weight is 243 g/mol. The van der Waals surface area contributed by atoms with E-state index >= 15 is 0 Å². The molecule has 0 radical (unpaired) electrons. The molecule has 17 heavy (non-hydrogen) atoms. The minimum Gasteiger partial charge on any atom is -0.481 e. The average Bonchev–Trinajstić information content (AvgIpc) is 2.22. The Balaban J connectivity index is 2.32. The summed E-state index contributed by atoms with van der Waals surface area (Å²) in [7, 11) is 0. The Morgan fingerprint density at radius 1 is 1.47 bits per heavy atom. The molecule has 0 saturated carbocycles. The van der Waals surface area contributed by atoms with Crippen molar-refractivity contribution in [2.45, 2.75) is 52.7 Å². The highest BCUT2D eigenvalue weighted by Gasteiger charge is 2.28. The van der Waals surface area contributed by atoms with Crippen molar-refractivity contribution in [2.24, 2.45) is 5.41 Å². The fourth-order valence-corrected chi connectivity index (χ4v) is 2.11. The molecule has 1 fully saturated rings. The zero-order valence-electron chi connectivity index (χ0n) is 11.4. The van der Waals surface area contributed by atoms with Crippen molar-refractivity contribution < 1.29 is 14.6 Å². The van der Waals surface area contributed by atoms with E-state index in [0.29, 0.717) is 12.1 Å². The molecule has 4 nitrogen and oxygen atoms in total. The molecular formula is C13H25NO3. The van der Waals surface area contributed by atoms with Crippen LogP contribution in [0, 0.1) is 5.41 Å². The summed E-state index contributed by atoms with van der Waals surface area (Å²) in [5, 5.41) is 9.04. The van der Waals surface area contributed by atoms with E-state index in [0.717, 1.165) is 32.5 Å². The minimum atomic E-state index is -0.708. The van der Waals surface area contributed by atoms with Gasteiger partial charge in [-0.2, -0.15) is 0 Å². The number of hydrogen-bond donors (Lipinski definition) is 1.